The summed E-state index contributed by atoms with van der Waals surface area (Å²) in [6.07, 6.45) is 1.80. The van der Waals surface area contributed by atoms with Gasteiger partial charge in [-0.05, 0) is 86.1 Å². The third-order valence-electron chi connectivity index (χ3n) is 6.42. The number of fused-ring (bicyclic) bond motifs is 1. The average Bonchev–Trinajstić information content (AvgIpc) is 3.14. The Kier molecular flexibility index (Phi) is 8.36. The van der Waals surface area contributed by atoms with Gasteiger partial charge in [0.05, 0.1) is 12.2 Å². The molecule has 0 aliphatic heterocycles. The van der Waals surface area contributed by atoms with Gasteiger partial charge in [0, 0.05) is 34.4 Å². The molecule has 7 heteroatoms. The number of anilines is 1. The standard InChI is InChI=1S/C30H31N3O3S/c1-4-5-17-36-29(35)23-11-14-25(15-12-23)31-30(37)32-28(34)24-13-16-27-26(18-24)20(2)21(3)33(27)19-22-9-7-6-8-10-22/h6-16,18H,4-5,17,19H2,1-3H3,(H2,31,32,34,37). The largest absolute Gasteiger partial charge is 0.462 e. The minimum Gasteiger partial charge on any atom is -0.462 e. The Morgan fingerprint density at radius 2 is 1.65 bits per heavy atom. The Labute approximate surface area is 222 Å². The van der Waals surface area contributed by atoms with E-state index in [2.05, 4.69) is 41.2 Å². The van der Waals surface area contributed by atoms with Gasteiger partial charge >= 0.3 is 5.97 Å². The SMILES string of the molecule is CCCCOC(=O)c1ccc(NC(=S)NC(=O)c2ccc3c(c2)c(C)c(C)n3Cc2ccccc2)cc1. The van der Waals surface area contributed by atoms with Crippen molar-refractivity contribution in [3.8, 4) is 0 Å². The Morgan fingerprint density at radius 1 is 0.946 bits per heavy atom. The zero-order chi connectivity index (χ0) is 26.4. The Morgan fingerprint density at radius 3 is 2.35 bits per heavy atom. The van der Waals surface area contributed by atoms with E-state index in [4.69, 9.17) is 17.0 Å². The molecule has 0 unspecified atom stereocenters. The second-order valence-corrected chi connectivity index (χ2v) is 9.40. The molecule has 0 aliphatic rings. The van der Waals surface area contributed by atoms with Gasteiger partial charge in [0.2, 0.25) is 0 Å². The molecule has 2 N–H and O–H groups in total. The number of nitrogens with zero attached hydrogens (tertiary/aromatic N) is 1. The molecule has 4 rings (SSSR count). The maximum atomic E-state index is 12.9. The number of nitrogens with one attached hydrogen (secondary N) is 2. The number of unbranched alkanes of at least 4 members (excludes halogenated alkanes) is 1. The van der Waals surface area contributed by atoms with Crippen LogP contribution in [0.3, 0.4) is 0 Å². The summed E-state index contributed by atoms with van der Waals surface area (Å²) in [5.41, 5.74) is 6.29. The second kappa shape index (κ2) is 11.8. The molecule has 0 spiro atoms. The first-order chi connectivity index (χ1) is 17.9. The van der Waals surface area contributed by atoms with Gasteiger partial charge in [-0.25, -0.2) is 4.79 Å². The van der Waals surface area contributed by atoms with Crippen LogP contribution in [0.5, 0.6) is 0 Å². The van der Waals surface area contributed by atoms with E-state index >= 15 is 0 Å². The number of amides is 1. The fourth-order valence-corrected chi connectivity index (χ4v) is 4.39. The van der Waals surface area contributed by atoms with Gasteiger partial charge in [-0.15, -0.1) is 0 Å². The smallest absolute Gasteiger partial charge is 0.338 e. The van der Waals surface area contributed by atoms with Crippen LogP contribution in [0.25, 0.3) is 10.9 Å². The van der Waals surface area contributed by atoms with Gasteiger partial charge in [0.1, 0.15) is 0 Å². The van der Waals surface area contributed by atoms with Crippen molar-refractivity contribution < 1.29 is 14.3 Å². The van der Waals surface area contributed by atoms with Crippen LogP contribution in [0.15, 0.2) is 72.8 Å². The number of hydrogen-bond donors (Lipinski definition) is 2. The summed E-state index contributed by atoms with van der Waals surface area (Å²) >= 11 is 5.35. The Hall–Kier alpha value is -3.97. The number of carbonyl (C=O) groups is 2. The summed E-state index contributed by atoms with van der Waals surface area (Å²) < 4.78 is 7.50. The highest BCUT2D eigenvalue weighted by Crippen LogP contribution is 2.27. The van der Waals surface area contributed by atoms with E-state index < -0.39 is 0 Å². The van der Waals surface area contributed by atoms with Crippen molar-refractivity contribution in [1.29, 1.82) is 0 Å². The van der Waals surface area contributed by atoms with Crippen LogP contribution in [-0.4, -0.2) is 28.2 Å². The maximum Gasteiger partial charge on any atom is 0.338 e. The van der Waals surface area contributed by atoms with E-state index in [1.165, 1.54) is 11.3 Å². The lowest BCUT2D eigenvalue weighted by atomic mass is 10.1. The summed E-state index contributed by atoms with van der Waals surface area (Å²) in [6.45, 7) is 7.41. The van der Waals surface area contributed by atoms with Crippen LogP contribution in [0.4, 0.5) is 5.69 Å². The van der Waals surface area contributed by atoms with E-state index in [1.807, 2.05) is 43.3 Å². The van der Waals surface area contributed by atoms with Crippen molar-refractivity contribution in [3.05, 3.63) is 101 Å². The summed E-state index contributed by atoms with van der Waals surface area (Å²) in [6, 6.07) is 22.8. The number of thiocarbonyl (C=S) groups is 1. The zero-order valence-corrected chi connectivity index (χ0v) is 22.2. The molecule has 0 atom stereocenters. The molecule has 3 aromatic carbocycles. The molecule has 4 aromatic rings. The fraction of sp³-hybridized carbons (Fsp3) is 0.233. The highest BCUT2D eigenvalue weighted by molar-refractivity contribution is 7.80. The van der Waals surface area contributed by atoms with E-state index in [1.54, 1.807) is 24.3 Å². The van der Waals surface area contributed by atoms with Gasteiger partial charge < -0.3 is 14.6 Å². The molecule has 1 aromatic heterocycles. The molecule has 0 fully saturated rings. The van der Waals surface area contributed by atoms with Gasteiger partial charge in [0.15, 0.2) is 5.11 Å². The van der Waals surface area contributed by atoms with Crippen molar-refractivity contribution in [2.24, 2.45) is 0 Å². The van der Waals surface area contributed by atoms with Crippen LogP contribution < -0.4 is 10.6 Å². The van der Waals surface area contributed by atoms with Crippen LogP contribution >= 0.6 is 12.2 Å². The minimum atomic E-state index is -0.352. The van der Waals surface area contributed by atoms with E-state index in [9.17, 15) is 9.59 Å². The average molecular weight is 514 g/mol. The van der Waals surface area contributed by atoms with E-state index in [-0.39, 0.29) is 17.0 Å². The Bertz CT molecular complexity index is 1430. The summed E-state index contributed by atoms with van der Waals surface area (Å²) in [5, 5.41) is 6.96. The van der Waals surface area contributed by atoms with Crippen molar-refractivity contribution in [1.82, 2.24) is 9.88 Å². The normalized spacial score (nSPS) is 10.8. The van der Waals surface area contributed by atoms with Gasteiger partial charge in [-0.1, -0.05) is 43.7 Å². The maximum absolute atomic E-state index is 12.9. The van der Waals surface area contributed by atoms with Crippen molar-refractivity contribution in [2.75, 3.05) is 11.9 Å². The lowest BCUT2D eigenvalue weighted by Gasteiger charge is -2.11. The summed E-state index contributed by atoms with van der Waals surface area (Å²) in [4.78, 5) is 25.0. The van der Waals surface area contributed by atoms with Gasteiger partial charge in [-0.3, -0.25) is 10.1 Å². The number of hydrogen-bond acceptors (Lipinski definition) is 4. The molecule has 0 aliphatic carbocycles. The lowest BCUT2D eigenvalue weighted by molar-refractivity contribution is 0.0499. The van der Waals surface area contributed by atoms with Crippen LogP contribution in [0.2, 0.25) is 0 Å². The monoisotopic (exact) mass is 513 g/mol. The molecular formula is C30H31N3O3S. The number of rotatable bonds is 8. The third kappa shape index (κ3) is 6.24. The van der Waals surface area contributed by atoms with Crippen LogP contribution in [0, 0.1) is 13.8 Å². The number of aryl methyl sites for hydroxylation is 1. The first kappa shape index (κ1) is 26.1. The molecule has 0 saturated heterocycles. The number of ether oxygens (including phenoxy) is 1. The molecule has 0 bridgehead atoms. The molecule has 6 nitrogen and oxygen atoms in total. The van der Waals surface area contributed by atoms with Gasteiger partial charge in [-0.2, -0.15) is 0 Å². The number of aromatic nitrogens is 1. The first-order valence-corrected chi connectivity index (χ1v) is 12.8. The minimum absolute atomic E-state index is 0.179. The second-order valence-electron chi connectivity index (χ2n) is 8.99. The number of benzene rings is 3. The van der Waals surface area contributed by atoms with Crippen LogP contribution in [-0.2, 0) is 11.3 Å². The molecule has 0 radical (unpaired) electrons. The first-order valence-electron chi connectivity index (χ1n) is 12.4. The Balaban J connectivity index is 1.41. The molecule has 1 amide bonds. The van der Waals surface area contributed by atoms with Crippen molar-refractivity contribution in [3.63, 3.8) is 0 Å². The van der Waals surface area contributed by atoms with Crippen LogP contribution in [0.1, 0.15) is 57.3 Å². The molecule has 0 saturated carbocycles. The fourth-order valence-electron chi connectivity index (χ4n) is 4.18. The lowest BCUT2D eigenvalue weighted by Crippen LogP contribution is -2.34. The number of esters is 1. The predicted octanol–water partition coefficient (Wildman–Crippen LogP) is 6.39. The van der Waals surface area contributed by atoms with E-state index in [0.717, 1.165) is 35.9 Å². The molecule has 190 valence electrons. The number of carbonyl (C=O) groups excluding carboxylic acids is 2. The highest BCUT2D eigenvalue weighted by atomic mass is 32.1. The predicted molar refractivity (Wildman–Crippen MR) is 152 cm³/mol. The van der Waals surface area contributed by atoms with Gasteiger partial charge in [0.25, 0.3) is 5.91 Å². The zero-order valence-electron chi connectivity index (χ0n) is 21.3. The summed E-state index contributed by atoms with van der Waals surface area (Å²) in [7, 11) is 0. The third-order valence-corrected chi connectivity index (χ3v) is 6.63. The molecular weight excluding hydrogens is 482 g/mol. The topological polar surface area (TPSA) is 72.4 Å². The highest BCUT2D eigenvalue weighted by Gasteiger charge is 2.15. The molecule has 37 heavy (non-hydrogen) atoms. The quantitative estimate of drug-likeness (QED) is 0.162. The van der Waals surface area contributed by atoms with Crippen molar-refractivity contribution >= 4 is 45.8 Å². The van der Waals surface area contributed by atoms with Crippen molar-refractivity contribution in [2.45, 2.75) is 40.2 Å². The molecule has 1 heterocycles. The summed E-state index contributed by atoms with van der Waals surface area (Å²) in [5.74, 6) is -0.641. The van der Waals surface area contributed by atoms with E-state index in [0.29, 0.717) is 23.4 Å².